The third kappa shape index (κ3) is 4.12. The number of fused-ring (bicyclic) bond motifs is 9. The van der Waals surface area contributed by atoms with Gasteiger partial charge in [-0.3, -0.25) is 14.6 Å². The van der Waals surface area contributed by atoms with Crippen LogP contribution >= 0.6 is 0 Å². The Labute approximate surface area is 273 Å². The molecule has 0 spiro atoms. The number of phenolic OH excluding ortho intramolecular Hbond substituents is 1. The first-order chi connectivity index (χ1) is 23.3. The number of benzene rings is 2. The van der Waals surface area contributed by atoms with E-state index in [9.17, 15) is 9.50 Å². The average Bonchev–Trinajstić information content (AvgIpc) is 3.89. The number of nitrogens with zero attached hydrogens (tertiary/aromatic N) is 7. The lowest BCUT2D eigenvalue weighted by Crippen LogP contribution is -2.51. The molecule has 4 fully saturated rings. The molecule has 5 unspecified atom stereocenters. The second kappa shape index (κ2) is 10.3. The van der Waals surface area contributed by atoms with Crippen LogP contribution in [0, 0.1) is 17.5 Å². The van der Waals surface area contributed by atoms with Crippen molar-refractivity contribution < 1.29 is 23.0 Å². The van der Waals surface area contributed by atoms with E-state index in [1.54, 1.807) is 0 Å². The van der Waals surface area contributed by atoms with Gasteiger partial charge in [-0.15, -0.1) is 0 Å². The number of nitrogens with one attached hydrogen (secondary N) is 1. The Balaban J connectivity index is 1.08. The summed E-state index contributed by atoms with van der Waals surface area (Å²) in [7, 11) is 0. The van der Waals surface area contributed by atoms with E-state index in [4.69, 9.17) is 9.72 Å². The number of hydrogen-bond donors (Lipinski definition) is 2. The maximum absolute atomic E-state index is 16.8. The molecule has 0 aliphatic carbocycles. The zero-order valence-electron chi connectivity index (χ0n) is 26.0. The Morgan fingerprint density at radius 2 is 1.88 bits per heavy atom. The van der Waals surface area contributed by atoms with E-state index in [2.05, 4.69) is 40.9 Å². The van der Waals surface area contributed by atoms with Gasteiger partial charge in [0.1, 0.15) is 29.4 Å². The number of aromatic hydroxyl groups is 1. The molecule has 10 nitrogen and oxygen atoms in total. The summed E-state index contributed by atoms with van der Waals surface area (Å²) in [5, 5.41) is 19.1. The summed E-state index contributed by atoms with van der Waals surface area (Å²) in [4.78, 5) is 18.7. The van der Waals surface area contributed by atoms with Crippen LogP contribution < -0.4 is 15.0 Å². The first kappa shape index (κ1) is 28.5. The van der Waals surface area contributed by atoms with Crippen molar-refractivity contribution in [2.24, 2.45) is 0 Å². The van der Waals surface area contributed by atoms with E-state index < -0.39 is 17.5 Å². The van der Waals surface area contributed by atoms with E-state index in [1.165, 1.54) is 30.1 Å². The monoisotopic (exact) mass is 654 g/mol. The molecule has 0 saturated carbocycles. The standard InChI is InChI=1S/C35H33F3N8O2/c36-25-5-2-18-10-21(47)11-22(28(18)29(25)37)31-30(38)32-24(13-39-31)33(44-14-19-3-4-20(15-44)41-19)43-34(42-32)48-17-35-7-1-9-45(35)27-16-46-26(6-8-40-46)23(27)12-35/h2,5-6,8,10-11,13,19-20,23,27,41,47H,1,3-4,7,9,12,14-17H2. The highest BCUT2D eigenvalue weighted by Gasteiger charge is 2.57. The molecule has 3 aromatic heterocycles. The molecule has 13 heteroatoms. The molecule has 8 heterocycles. The zero-order chi connectivity index (χ0) is 32.3. The van der Waals surface area contributed by atoms with Gasteiger partial charge < -0.3 is 20.1 Å². The Bertz CT molecular complexity index is 2130. The number of aromatic nitrogens is 5. The third-order valence-electron chi connectivity index (χ3n) is 11.5. The number of anilines is 1. The second-order valence-electron chi connectivity index (χ2n) is 14.1. The zero-order valence-corrected chi connectivity index (χ0v) is 26.0. The van der Waals surface area contributed by atoms with Crippen LogP contribution in [-0.4, -0.2) is 84.6 Å². The first-order valence-electron chi connectivity index (χ1n) is 16.7. The highest BCUT2D eigenvalue weighted by atomic mass is 19.2. The minimum Gasteiger partial charge on any atom is -0.508 e. The number of hydrogen-bond acceptors (Lipinski definition) is 9. The summed E-state index contributed by atoms with van der Waals surface area (Å²) in [6.45, 7) is 3.62. The molecular formula is C35H33F3N8O2. The molecule has 4 saturated heterocycles. The van der Waals surface area contributed by atoms with Crippen LogP contribution in [0.15, 0.2) is 42.7 Å². The lowest BCUT2D eigenvalue weighted by atomic mass is 9.88. The fourth-order valence-corrected chi connectivity index (χ4v) is 9.44. The fraction of sp³-hybridized carbons (Fsp3) is 0.429. The number of piperazine rings is 1. The molecule has 2 bridgehead atoms. The Morgan fingerprint density at radius 1 is 1.02 bits per heavy atom. The van der Waals surface area contributed by atoms with Crippen LogP contribution in [0.3, 0.4) is 0 Å². The number of halogens is 3. The van der Waals surface area contributed by atoms with Crippen molar-refractivity contribution in [1.29, 1.82) is 0 Å². The molecule has 0 amide bonds. The summed E-state index contributed by atoms with van der Waals surface area (Å²) in [6.07, 6.45) is 8.47. The number of pyridine rings is 1. The number of ether oxygens (including phenoxy) is 1. The van der Waals surface area contributed by atoms with Crippen LogP contribution in [0.1, 0.15) is 43.7 Å². The predicted octanol–water partition coefficient (Wildman–Crippen LogP) is 4.89. The maximum atomic E-state index is 16.8. The van der Waals surface area contributed by atoms with Crippen LogP contribution in [-0.2, 0) is 6.54 Å². The molecule has 5 aliphatic rings. The Hall–Kier alpha value is -4.49. The summed E-state index contributed by atoms with van der Waals surface area (Å²) in [5.74, 6) is -2.34. The quantitative estimate of drug-likeness (QED) is 0.274. The molecule has 2 N–H and O–H groups in total. The van der Waals surface area contributed by atoms with Gasteiger partial charge in [-0.2, -0.15) is 15.1 Å². The summed E-state index contributed by atoms with van der Waals surface area (Å²) in [5.41, 5.74) is 0.754. The molecule has 5 atom stereocenters. The minimum atomic E-state index is -1.14. The van der Waals surface area contributed by atoms with Gasteiger partial charge in [0, 0.05) is 66.2 Å². The fourth-order valence-electron chi connectivity index (χ4n) is 9.44. The van der Waals surface area contributed by atoms with Gasteiger partial charge in [-0.1, -0.05) is 6.07 Å². The smallest absolute Gasteiger partial charge is 0.319 e. The SMILES string of the molecule is Oc1cc(-c2ncc3c(N4CC5CCC(C4)N5)nc(OCC45CCCN4C4Cn6nccc6C4C5)nc3c2F)c2c(F)c(F)ccc2c1. The summed E-state index contributed by atoms with van der Waals surface area (Å²) < 4.78 is 55.0. The molecule has 246 valence electrons. The van der Waals surface area contributed by atoms with Crippen molar-refractivity contribution in [3.8, 4) is 23.0 Å². The highest BCUT2D eigenvalue weighted by Crippen LogP contribution is 2.52. The molecule has 48 heavy (non-hydrogen) atoms. The van der Waals surface area contributed by atoms with Crippen LogP contribution in [0.2, 0.25) is 0 Å². The Kier molecular flexibility index (Phi) is 6.09. The largest absolute Gasteiger partial charge is 0.508 e. The summed E-state index contributed by atoms with van der Waals surface area (Å²) >= 11 is 0. The van der Waals surface area contributed by atoms with E-state index in [0.29, 0.717) is 54.9 Å². The lowest BCUT2D eigenvalue weighted by Gasteiger charge is -2.35. The van der Waals surface area contributed by atoms with Crippen molar-refractivity contribution >= 4 is 27.5 Å². The lowest BCUT2D eigenvalue weighted by molar-refractivity contribution is 0.0803. The van der Waals surface area contributed by atoms with Crippen molar-refractivity contribution in [2.75, 3.05) is 31.1 Å². The second-order valence-corrected chi connectivity index (χ2v) is 14.1. The third-order valence-corrected chi connectivity index (χ3v) is 11.5. The van der Waals surface area contributed by atoms with Gasteiger partial charge in [-0.25, -0.2) is 13.2 Å². The minimum absolute atomic E-state index is 0.0212. The van der Waals surface area contributed by atoms with Gasteiger partial charge in [0.05, 0.1) is 17.5 Å². The molecule has 5 aromatic rings. The Morgan fingerprint density at radius 3 is 2.73 bits per heavy atom. The highest BCUT2D eigenvalue weighted by molar-refractivity contribution is 6.00. The van der Waals surface area contributed by atoms with Crippen molar-refractivity contribution in [3.05, 3.63) is 65.9 Å². The van der Waals surface area contributed by atoms with E-state index in [0.717, 1.165) is 51.3 Å². The van der Waals surface area contributed by atoms with Crippen molar-refractivity contribution in [3.63, 3.8) is 0 Å². The predicted molar refractivity (Wildman–Crippen MR) is 172 cm³/mol. The molecule has 5 aliphatic heterocycles. The van der Waals surface area contributed by atoms with E-state index >= 15 is 8.78 Å². The van der Waals surface area contributed by atoms with Gasteiger partial charge in [0.25, 0.3) is 0 Å². The van der Waals surface area contributed by atoms with Crippen LogP contribution in [0.25, 0.3) is 32.9 Å². The van der Waals surface area contributed by atoms with Crippen molar-refractivity contribution in [2.45, 2.75) is 68.2 Å². The van der Waals surface area contributed by atoms with E-state index in [1.807, 2.05) is 6.20 Å². The van der Waals surface area contributed by atoms with Gasteiger partial charge in [0.2, 0.25) is 0 Å². The van der Waals surface area contributed by atoms with Gasteiger partial charge in [0.15, 0.2) is 17.5 Å². The summed E-state index contributed by atoms with van der Waals surface area (Å²) in [6, 6.07) is 7.98. The van der Waals surface area contributed by atoms with Crippen molar-refractivity contribution in [1.82, 2.24) is 34.9 Å². The number of phenols is 1. The molecule has 0 radical (unpaired) electrons. The van der Waals surface area contributed by atoms with E-state index in [-0.39, 0.29) is 44.8 Å². The maximum Gasteiger partial charge on any atom is 0.319 e. The number of rotatable bonds is 5. The average molecular weight is 655 g/mol. The topological polar surface area (TPSA) is 104 Å². The first-order valence-corrected chi connectivity index (χ1v) is 16.7. The molecular weight excluding hydrogens is 621 g/mol. The molecule has 2 aromatic carbocycles. The van der Waals surface area contributed by atoms with Gasteiger partial charge >= 0.3 is 6.01 Å². The van der Waals surface area contributed by atoms with Crippen LogP contribution in [0.5, 0.6) is 11.8 Å². The van der Waals surface area contributed by atoms with Gasteiger partial charge in [-0.05, 0) is 68.3 Å². The normalized spacial score (nSPS) is 27.6. The van der Waals surface area contributed by atoms with Crippen LogP contribution in [0.4, 0.5) is 19.0 Å². The molecule has 10 rings (SSSR count).